The SMILES string of the molecule is Cc1noc([C@@H](C)NC(=O)c2ccc3c(C(C)CO)nn(-c4ccsc4)c3c2)n1. The van der Waals surface area contributed by atoms with Crippen molar-refractivity contribution in [1.82, 2.24) is 25.2 Å². The van der Waals surface area contributed by atoms with Crippen LogP contribution in [0.1, 0.15) is 53.6 Å². The normalized spacial score (nSPS) is 13.5. The van der Waals surface area contributed by atoms with Crippen molar-refractivity contribution in [3.8, 4) is 5.69 Å². The Bertz CT molecular complexity index is 1150. The van der Waals surface area contributed by atoms with Gasteiger partial charge in [0.15, 0.2) is 5.82 Å². The Morgan fingerprint density at radius 1 is 1.34 bits per heavy atom. The average Bonchev–Trinajstić information content (AvgIpc) is 3.46. The van der Waals surface area contributed by atoms with E-state index in [1.54, 1.807) is 31.3 Å². The Kier molecular flexibility index (Phi) is 5.16. The highest BCUT2D eigenvalue weighted by Crippen LogP contribution is 2.29. The average molecular weight is 411 g/mol. The number of fused-ring (bicyclic) bond motifs is 1. The Morgan fingerprint density at radius 3 is 2.83 bits per heavy atom. The van der Waals surface area contributed by atoms with Gasteiger partial charge in [-0.15, -0.1) is 0 Å². The van der Waals surface area contributed by atoms with Gasteiger partial charge in [0.1, 0.15) is 6.04 Å². The molecule has 8 nitrogen and oxygen atoms in total. The number of hydrogen-bond acceptors (Lipinski definition) is 7. The van der Waals surface area contributed by atoms with Crippen LogP contribution in [0, 0.1) is 6.92 Å². The number of thiophene rings is 1. The van der Waals surface area contributed by atoms with Crippen molar-refractivity contribution >= 4 is 28.1 Å². The summed E-state index contributed by atoms with van der Waals surface area (Å²) in [4.78, 5) is 17.0. The van der Waals surface area contributed by atoms with Crippen LogP contribution in [-0.2, 0) is 0 Å². The maximum Gasteiger partial charge on any atom is 0.251 e. The van der Waals surface area contributed by atoms with E-state index in [0.717, 1.165) is 22.3 Å². The molecule has 3 aromatic heterocycles. The highest BCUT2D eigenvalue weighted by molar-refractivity contribution is 7.08. The Labute approximate surface area is 171 Å². The molecule has 0 aliphatic rings. The van der Waals surface area contributed by atoms with Gasteiger partial charge in [0.2, 0.25) is 5.89 Å². The van der Waals surface area contributed by atoms with Crippen LogP contribution < -0.4 is 5.32 Å². The van der Waals surface area contributed by atoms with Gasteiger partial charge in [-0.3, -0.25) is 4.79 Å². The fraction of sp³-hybridized carbons (Fsp3) is 0.300. The summed E-state index contributed by atoms with van der Waals surface area (Å²) in [5.41, 5.74) is 3.03. The number of rotatable bonds is 6. The van der Waals surface area contributed by atoms with Gasteiger partial charge in [0.25, 0.3) is 5.91 Å². The van der Waals surface area contributed by atoms with Gasteiger partial charge >= 0.3 is 0 Å². The highest BCUT2D eigenvalue weighted by Gasteiger charge is 2.20. The lowest BCUT2D eigenvalue weighted by Crippen LogP contribution is -2.26. The third-order valence-corrected chi connectivity index (χ3v) is 5.40. The minimum absolute atomic E-state index is 0.000891. The number of aliphatic hydroxyl groups excluding tert-OH is 1. The first-order valence-corrected chi connectivity index (χ1v) is 10.2. The molecule has 2 N–H and O–H groups in total. The molecule has 9 heteroatoms. The second kappa shape index (κ2) is 7.76. The summed E-state index contributed by atoms with van der Waals surface area (Å²) in [5, 5.41) is 25.8. The number of aromatic nitrogens is 4. The van der Waals surface area contributed by atoms with Crippen molar-refractivity contribution in [3.63, 3.8) is 0 Å². The Morgan fingerprint density at radius 2 is 2.17 bits per heavy atom. The number of nitrogens with zero attached hydrogens (tertiary/aromatic N) is 4. The maximum absolute atomic E-state index is 12.8. The van der Waals surface area contributed by atoms with Crippen LogP contribution in [0.3, 0.4) is 0 Å². The molecule has 1 amide bonds. The highest BCUT2D eigenvalue weighted by atomic mass is 32.1. The Hall–Kier alpha value is -3.04. The van der Waals surface area contributed by atoms with E-state index in [1.807, 2.05) is 40.6 Å². The molecule has 3 heterocycles. The number of nitrogens with one attached hydrogen (secondary N) is 1. The molecule has 0 saturated heterocycles. The summed E-state index contributed by atoms with van der Waals surface area (Å²) < 4.78 is 6.95. The number of carbonyl (C=O) groups excluding carboxylic acids is 1. The van der Waals surface area contributed by atoms with Crippen LogP contribution in [0.2, 0.25) is 0 Å². The zero-order valence-corrected chi connectivity index (χ0v) is 17.1. The number of hydrogen-bond donors (Lipinski definition) is 2. The molecule has 0 radical (unpaired) electrons. The lowest BCUT2D eigenvalue weighted by atomic mass is 10.0. The molecule has 150 valence electrons. The fourth-order valence-electron chi connectivity index (χ4n) is 3.14. The molecule has 4 aromatic rings. The summed E-state index contributed by atoms with van der Waals surface area (Å²) in [6.07, 6.45) is 0. The molecule has 0 saturated carbocycles. The molecule has 4 rings (SSSR count). The van der Waals surface area contributed by atoms with E-state index in [2.05, 4.69) is 15.5 Å². The number of aliphatic hydroxyl groups is 1. The molecule has 2 atom stereocenters. The molecular weight excluding hydrogens is 390 g/mol. The third-order valence-electron chi connectivity index (χ3n) is 4.72. The van der Waals surface area contributed by atoms with E-state index >= 15 is 0 Å². The zero-order chi connectivity index (χ0) is 20.5. The minimum Gasteiger partial charge on any atom is -0.396 e. The van der Waals surface area contributed by atoms with Gasteiger partial charge in [0, 0.05) is 22.2 Å². The molecule has 0 spiro atoms. The van der Waals surface area contributed by atoms with Gasteiger partial charge < -0.3 is 14.9 Å². The molecule has 1 unspecified atom stereocenters. The summed E-state index contributed by atoms with van der Waals surface area (Å²) in [6.45, 7) is 5.44. The lowest BCUT2D eigenvalue weighted by molar-refractivity contribution is 0.0932. The first-order chi connectivity index (χ1) is 14.0. The van der Waals surface area contributed by atoms with Crippen LogP contribution >= 0.6 is 11.3 Å². The number of aryl methyl sites for hydroxylation is 1. The summed E-state index contributed by atoms with van der Waals surface area (Å²) in [6, 6.07) is 7.01. The fourth-order valence-corrected chi connectivity index (χ4v) is 3.75. The van der Waals surface area contributed by atoms with Crippen LogP contribution in [-0.4, -0.2) is 37.5 Å². The van der Waals surface area contributed by atoms with E-state index in [0.29, 0.717) is 17.3 Å². The predicted octanol–water partition coefficient (Wildman–Crippen LogP) is 3.37. The predicted molar refractivity (Wildman–Crippen MR) is 109 cm³/mol. The van der Waals surface area contributed by atoms with Crippen molar-refractivity contribution in [1.29, 1.82) is 0 Å². The van der Waals surface area contributed by atoms with Gasteiger partial charge in [-0.25, -0.2) is 4.68 Å². The van der Waals surface area contributed by atoms with Gasteiger partial charge in [-0.1, -0.05) is 18.1 Å². The van der Waals surface area contributed by atoms with Crippen LogP contribution in [0.4, 0.5) is 0 Å². The van der Waals surface area contributed by atoms with Crippen molar-refractivity contribution in [2.24, 2.45) is 0 Å². The molecule has 0 aliphatic heterocycles. The molecular formula is C20H21N5O3S. The number of carbonyl (C=O) groups is 1. The van der Waals surface area contributed by atoms with E-state index in [9.17, 15) is 9.90 Å². The smallest absolute Gasteiger partial charge is 0.251 e. The third kappa shape index (κ3) is 3.66. The topological polar surface area (TPSA) is 106 Å². The molecule has 1 aromatic carbocycles. The van der Waals surface area contributed by atoms with Gasteiger partial charge in [-0.2, -0.15) is 21.4 Å². The minimum atomic E-state index is -0.411. The van der Waals surface area contributed by atoms with Crippen molar-refractivity contribution < 1.29 is 14.4 Å². The molecule has 0 fully saturated rings. The monoisotopic (exact) mass is 411 g/mol. The second-order valence-corrected chi connectivity index (χ2v) is 7.75. The van der Waals surface area contributed by atoms with E-state index < -0.39 is 6.04 Å². The second-order valence-electron chi connectivity index (χ2n) is 6.97. The number of benzene rings is 1. The van der Waals surface area contributed by atoms with E-state index in [-0.39, 0.29) is 18.4 Å². The molecule has 29 heavy (non-hydrogen) atoms. The standard InChI is InChI=1S/C20H21N5O3S/c1-11(9-26)18-16-5-4-14(8-17(16)25(23-18)15-6-7-29-10-15)19(27)21-12(2)20-22-13(3)24-28-20/h4-8,10-12,26H,9H2,1-3H3,(H,21,27)/t11?,12-/m1/s1. The first kappa shape index (κ1) is 19.3. The molecule has 0 bridgehead atoms. The summed E-state index contributed by atoms with van der Waals surface area (Å²) in [7, 11) is 0. The Balaban J connectivity index is 1.71. The van der Waals surface area contributed by atoms with Crippen LogP contribution in [0.25, 0.3) is 16.6 Å². The first-order valence-electron chi connectivity index (χ1n) is 9.25. The van der Waals surface area contributed by atoms with Gasteiger partial charge in [0.05, 0.1) is 23.5 Å². The summed E-state index contributed by atoms with van der Waals surface area (Å²) >= 11 is 1.57. The van der Waals surface area contributed by atoms with E-state index in [1.165, 1.54) is 0 Å². The van der Waals surface area contributed by atoms with E-state index in [4.69, 9.17) is 9.62 Å². The van der Waals surface area contributed by atoms with Crippen molar-refractivity contribution in [2.45, 2.75) is 32.7 Å². The zero-order valence-electron chi connectivity index (χ0n) is 16.3. The van der Waals surface area contributed by atoms with Crippen LogP contribution in [0.5, 0.6) is 0 Å². The van der Waals surface area contributed by atoms with Crippen molar-refractivity contribution in [3.05, 3.63) is 58.0 Å². The van der Waals surface area contributed by atoms with Crippen molar-refractivity contribution in [2.75, 3.05) is 6.61 Å². The number of amides is 1. The van der Waals surface area contributed by atoms with Gasteiger partial charge in [-0.05, 0) is 37.4 Å². The quantitative estimate of drug-likeness (QED) is 0.504. The summed E-state index contributed by atoms with van der Waals surface area (Å²) in [5.74, 6) is 0.523. The molecule has 0 aliphatic carbocycles. The van der Waals surface area contributed by atoms with Crippen LogP contribution in [0.15, 0.2) is 39.5 Å². The lowest BCUT2D eigenvalue weighted by Gasteiger charge is -2.10. The largest absolute Gasteiger partial charge is 0.396 e. The maximum atomic E-state index is 12.8.